The van der Waals surface area contributed by atoms with Crippen LogP contribution in [-0.4, -0.2) is 24.5 Å². The molecule has 4 heteroatoms. The van der Waals surface area contributed by atoms with Crippen LogP contribution in [0.3, 0.4) is 0 Å². The summed E-state index contributed by atoms with van der Waals surface area (Å²) in [4.78, 5) is 17.2. The Balaban J connectivity index is 1.86. The molecule has 1 aromatic carbocycles. The Morgan fingerprint density at radius 2 is 2.22 bits per heavy atom. The van der Waals surface area contributed by atoms with Crippen molar-refractivity contribution in [2.24, 2.45) is 0 Å². The number of ether oxygens (including phenoxy) is 1. The Morgan fingerprint density at radius 1 is 1.39 bits per heavy atom. The summed E-state index contributed by atoms with van der Waals surface area (Å²) >= 11 is 1.64. The molecule has 3 nitrogen and oxygen atoms in total. The number of methoxy groups -OCH3 is 1. The Bertz CT molecular complexity index is 707. The highest BCUT2D eigenvalue weighted by Crippen LogP contribution is 2.36. The number of aryl methyl sites for hydroxylation is 2. The number of amides is 1. The lowest BCUT2D eigenvalue weighted by molar-refractivity contribution is 0.0740. The summed E-state index contributed by atoms with van der Waals surface area (Å²) in [5.74, 6) is 1.02. The van der Waals surface area contributed by atoms with Crippen LogP contribution in [0.5, 0.6) is 5.75 Å². The fraction of sp³-hybridized carbons (Fsp3) is 0.421. The highest BCUT2D eigenvalue weighted by Gasteiger charge is 2.31. The van der Waals surface area contributed by atoms with Crippen molar-refractivity contribution in [2.75, 3.05) is 13.7 Å². The second-order valence-electron chi connectivity index (χ2n) is 6.00. The van der Waals surface area contributed by atoms with E-state index < -0.39 is 0 Å². The first-order chi connectivity index (χ1) is 11.1. The minimum atomic E-state index is 0.157. The molecule has 1 aliphatic heterocycles. The topological polar surface area (TPSA) is 29.5 Å². The van der Waals surface area contributed by atoms with Gasteiger partial charge in [-0.2, -0.15) is 0 Å². The van der Waals surface area contributed by atoms with E-state index >= 15 is 0 Å². The molecule has 1 amide bonds. The van der Waals surface area contributed by atoms with Gasteiger partial charge >= 0.3 is 0 Å². The van der Waals surface area contributed by atoms with E-state index in [0.717, 1.165) is 36.4 Å². The third-order valence-corrected chi connectivity index (χ3v) is 5.91. The van der Waals surface area contributed by atoms with Gasteiger partial charge in [0.15, 0.2) is 0 Å². The summed E-state index contributed by atoms with van der Waals surface area (Å²) in [5.41, 5.74) is 2.40. The highest BCUT2D eigenvalue weighted by molar-refractivity contribution is 7.14. The number of hydrogen-bond acceptors (Lipinski definition) is 3. The minimum absolute atomic E-state index is 0.157. The third-order valence-electron chi connectivity index (χ3n) is 4.54. The molecule has 1 aliphatic rings. The zero-order valence-electron chi connectivity index (χ0n) is 14.0. The number of nitrogens with zero attached hydrogens (tertiary/aromatic N) is 1. The molecule has 1 atom stereocenters. The molecule has 1 unspecified atom stereocenters. The number of carbonyl (C=O) groups is 1. The summed E-state index contributed by atoms with van der Waals surface area (Å²) in [5, 5.41) is 0. The van der Waals surface area contributed by atoms with Gasteiger partial charge in [-0.25, -0.2) is 0 Å². The lowest BCUT2D eigenvalue weighted by Gasteiger charge is -2.25. The first-order valence-corrected chi connectivity index (χ1v) is 9.00. The number of benzene rings is 1. The fourth-order valence-electron chi connectivity index (χ4n) is 3.32. The zero-order valence-corrected chi connectivity index (χ0v) is 14.8. The lowest BCUT2D eigenvalue weighted by Crippen LogP contribution is -2.29. The summed E-state index contributed by atoms with van der Waals surface area (Å²) in [6, 6.07) is 10.3. The van der Waals surface area contributed by atoms with Gasteiger partial charge in [0.25, 0.3) is 5.91 Å². The molecule has 1 saturated heterocycles. The maximum Gasteiger partial charge on any atom is 0.264 e. The van der Waals surface area contributed by atoms with Crippen molar-refractivity contribution in [1.29, 1.82) is 0 Å². The normalized spacial score (nSPS) is 17.5. The highest BCUT2D eigenvalue weighted by atomic mass is 32.1. The zero-order chi connectivity index (χ0) is 16.4. The van der Waals surface area contributed by atoms with Gasteiger partial charge < -0.3 is 9.64 Å². The van der Waals surface area contributed by atoms with Gasteiger partial charge in [0, 0.05) is 11.4 Å². The van der Waals surface area contributed by atoms with E-state index in [0.29, 0.717) is 0 Å². The van der Waals surface area contributed by atoms with Crippen LogP contribution in [0.15, 0.2) is 30.3 Å². The van der Waals surface area contributed by atoms with E-state index in [1.54, 1.807) is 18.4 Å². The third kappa shape index (κ3) is 3.13. The first-order valence-electron chi connectivity index (χ1n) is 8.18. The Morgan fingerprint density at radius 3 is 2.91 bits per heavy atom. The van der Waals surface area contributed by atoms with Gasteiger partial charge in [-0.15, -0.1) is 11.3 Å². The molecule has 0 radical (unpaired) electrons. The maximum atomic E-state index is 13.0. The van der Waals surface area contributed by atoms with Crippen LogP contribution in [-0.2, 0) is 6.42 Å². The minimum Gasteiger partial charge on any atom is -0.497 e. The van der Waals surface area contributed by atoms with Crippen LogP contribution < -0.4 is 4.74 Å². The molecule has 0 N–H and O–H groups in total. The van der Waals surface area contributed by atoms with Gasteiger partial charge in [-0.1, -0.05) is 19.1 Å². The lowest BCUT2D eigenvalue weighted by atomic mass is 10.0. The molecule has 0 aliphatic carbocycles. The van der Waals surface area contributed by atoms with Crippen molar-refractivity contribution in [3.63, 3.8) is 0 Å². The average molecular weight is 329 g/mol. The number of thiophene rings is 1. The van der Waals surface area contributed by atoms with E-state index in [2.05, 4.69) is 19.9 Å². The summed E-state index contributed by atoms with van der Waals surface area (Å²) < 4.78 is 5.33. The smallest absolute Gasteiger partial charge is 0.264 e. The molecule has 3 rings (SSSR count). The predicted octanol–water partition coefficient (Wildman–Crippen LogP) is 4.60. The Kier molecular flexibility index (Phi) is 4.71. The second kappa shape index (κ2) is 6.75. The molecule has 23 heavy (non-hydrogen) atoms. The predicted molar refractivity (Wildman–Crippen MR) is 94.4 cm³/mol. The van der Waals surface area contributed by atoms with Crippen molar-refractivity contribution in [2.45, 2.75) is 39.2 Å². The fourth-order valence-corrected chi connectivity index (χ4v) is 4.39. The first kappa shape index (κ1) is 16.1. The molecular formula is C19H23NO2S. The van der Waals surface area contributed by atoms with Gasteiger partial charge in [-0.3, -0.25) is 4.79 Å². The van der Waals surface area contributed by atoms with Gasteiger partial charge in [0.05, 0.1) is 18.0 Å². The molecule has 2 aromatic rings. The number of rotatable bonds is 4. The summed E-state index contributed by atoms with van der Waals surface area (Å²) in [7, 11) is 1.68. The molecule has 0 bridgehead atoms. The van der Waals surface area contributed by atoms with Crippen molar-refractivity contribution >= 4 is 17.2 Å². The molecule has 122 valence electrons. The van der Waals surface area contributed by atoms with Crippen molar-refractivity contribution in [3.8, 4) is 5.75 Å². The van der Waals surface area contributed by atoms with Crippen LogP contribution in [0, 0.1) is 6.92 Å². The molecule has 1 fully saturated rings. The van der Waals surface area contributed by atoms with Gasteiger partial charge in [0.1, 0.15) is 5.75 Å². The standard InChI is InChI=1S/C19H23NO2S/c1-4-17-13(2)11-18(23-17)19(21)20-10-6-9-16(20)14-7-5-8-15(12-14)22-3/h5,7-8,11-12,16H,4,6,9-10H2,1-3H3. The van der Waals surface area contributed by atoms with Crippen LogP contribution >= 0.6 is 11.3 Å². The van der Waals surface area contributed by atoms with Gasteiger partial charge in [0.2, 0.25) is 0 Å². The van der Waals surface area contributed by atoms with E-state index in [1.165, 1.54) is 16.0 Å². The molecule has 2 heterocycles. The Hall–Kier alpha value is -1.81. The van der Waals surface area contributed by atoms with Crippen LogP contribution in [0.4, 0.5) is 0 Å². The van der Waals surface area contributed by atoms with E-state index in [4.69, 9.17) is 4.74 Å². The number of likely N-dealkylation sites (tertiary alicyclic amines) is 1. The molecule has 1 aromatic heterocycles. The van der Waals surface area contributed by atoms with E-state index in [-0.39, 0.29) is 11.9 Å². The number of hydrogen-bond donors (Lipinski definition) is 0. The van der Waals surface area contributed by atoms with Crippen molar-refractivity contribution in [3.05, 3.63) is 51.2 Å². The van der Waals surface area contributed by atoms with Crippen LogP contribution in [0.2, 0.25) is 0 Å². The number of carbonyl (C=O) groups excluding carboxylic acids is 1. The maximum absolute atomic E-state index is 13.0. The second-order valence-corrected chi connectivity index (χ2v) is 7.14. The van der Waals surface area contributed by atoms with Crippen LogP contribution in [0.1, 0.15) is 51.5 Å². The van der Waals surface area contributed by atoms with Crippen molar-refractivity contribution < 1.29 is 9.53 Å². The SMILES string of the molecule is CCc1sc(C(=O)N2CCCC2c2cccc(OC)c2)cc1C. The Labute approximate surface area is 141 Å². The largest absolute Gasteiger partial charge is 0.497 e. The molecule has 0 saturated carbocycles. The quantitative estimate of drug-likeness (QED) is 0.820. The van der Waals surface area contributed by atoms with E-state index in [1.807, 2.05) is 29.2 Å². The van der Waals surface area contributed by atoms with Gasteiger partial charge in [-0.05, 0) is 55.5 Å². The summed E-state index contributed by atoms with van der Waals surface area (Å²) in [6.45, 7) is 5.07. The van der Waals surface area contributed by atoms with Crippen molar-refractivity contribution in [1.82, 2.24) is 4.90 Å². The average Bonchev–Trinajstić information content (AvgIpc) is 3.20. The monoisotopic (exact) mass is 329 g/mol. The molecular weight excluding hydrogens is 306 g/mol. The summed E-state index contributed by atoms with van der Waals surface area (Å²) in [6.07, 6.45) is 3.06. The molecule has 0 spiro atoms. The van der Waals surface area contributed by atoms with Crippen LogP contribution in [0.25, 0.3) is 0 Å². The van der Waals surface area contributed by atoms with E-state index in [9.17, 15) is 4.79 Å².